The Labute approximate surface area is 136 Å². The number of rotatable bonds is 3. The summed E-state index contributed by atoms with van der Waals surface area (Å²) in [6.45, 7) is 1.65. The van der Waals surface area contributed by atoms with Crippen LogP contribution in [0.3, 0.4) is 0 Å². The monoisotopic (exact) mass is 318 g/mol. The summed E-state index contributed by atoms with van der Waals surface area (Å²) in [5.74, 6) is -0.187. The van der Waals surface area contributed by atoms with Gasteiger partial charge in [0.1, 0.15) is 5.82 Å². The molecule has 2 aliphatic heterocycles. The molecule has 124 valence electrons. The number of oxime groups is 1. The van der Waals surface area contributed by atoms with Gasteiger partial charge >= 0.3 is 0 Å². The number of amides is 1. The van der Waals surface area contributed by atoms with Gasteiger partial charge < -0.3 is 9.74 Å². The summed E-state index contributed by atoms with van der Waals surface area (Å²) in [7, 11) is 0. The van der Waals surface area contributed by atoms with Crippen LogP contribution in [0.5, 0.6) is 0 Å². The summed E-state index contributed by atoms with van der Waals surface area (Å²) in [4.78, 5) is 19.9. The van der Waals surface area contributed by atoms with Crippen LogP contribution < -0.4 is 0 Å². The highest BCUT2D eigenvalue weighted by Crippen LogP contribution is 2.19. The van der Waals surface area contributed by atoms with Gasteiger partial charge in [0, 0.05) is 25.9 Å². The number of carbonyl (C=O) groups excluding carboxylic acids is 1. The van der Waals surface area contributed by atoms with Gasteiger partial charge in [0.05, 0.1) is 5.71 Å². The smallest absolute Gasteiger partial charge is 0.266 e. The normalized spacial score (nSPS) is 22.0. The minimum atomic E-state index is -0.482. The van der Waals surface area contributed by atoms with Crippen LogP contribution in [0.2, 0.25) is 0 Å². The van der Waals surface area contributed by atoms with Crippen LogP contribution in [0.4, 0.5) is 4.39 Å². The lowest BCUT2D eigenvalue weighted by atomic mass is 10.0. The molecule has 0 radical (unpaired) electrons. The highest BCUT2D eigenvalue weighted by Gasteiger charge is 2.31. The van der Waals surface area contributed by atoms with Crippen molar-refractivity contribution in [2.24, 2.45) is 5.16 Å². The summed E-state index contributed by atoms with van der Waals surface area (Å²) in [5.41, 5.74) is 1.83. The van der Waals surface area contributed by atoms with Crippen molar-refractivity contribution in [2.45, 2.75) is 51.0 Å². The van der Waals surface area contributed by atoms with E-state index in [1.807, 2.05) is 4.90 Å². The summed E-state index contributed by atoms with van der Waals surface area (Å²) in [6.07, 6.45) is 6.46. The first-order valence-electron chi connectivity index (χ1n) is 8.47. The molecule has 1 aromatic rings. The lowest BCUT2D eigenvalue weighted by Crippen LogP contribution is -2.41. The van der Waals surface area contributed by atoms with E-state index in [-0.39, 0.29) is 11.7 Å². The van der Waals surface area contributed by atoms with E-state index in [2.05, 4.69) is 5.16 Å². The minimum absolute atomic E-state index is 0.0600. The average Bonchev–Trinajstić information content (AvgIpc) is 2.97. The SMILES string of the molecule is O=C(C1CC(Cc2ccc(F)cc2)=NO1)N1CCCCCCC1. The van der Waals surface area contributed by atoms with E-state index in [0.29, 0.717) is 12.8 Å². The van der Waals surface area contributed by atoms with Gasteiger partial charge in [-0.05, 0) is 30.5 Å². The molecule has 1 saturated heterocycles. The van der Waals surface area contributed by atoms with Gasteiger partial charge in [-0.25, -0.2) is 4.39 Å². The van der Waals surface area contributed by atoms with Crippen molar-refractivity contribution in [1.29, 1.82) is 0 Å². The van der Waals surface area contributed by atoms with Crippen molar-refractivity contribution in [1.82, 2.24) is 4.90 Å². The number of nitrogens with zero attached hydrogens (tertiary/aromatic N) is 2. The summed E-state index contributed by atoms with van der Waals surface area (Å²) < 4.78 is 12.9. The molecule has 1 atom stereocenters. The van der Waals surface area contributed by atoms with E-state index < -0.39 is 6.10 Å². The van der Waals surface area contributed by atoms with Crippen LogP contribution in [0, 0.1) is 5.82 Å². The van der Waals surface area contributed by atoms with Crippen molar-refractivity contribution >= 4 is 11.6 Å². The van der Waals surface area contributed by atoms with Gasteiger partial charge in [0.15, 0.2) is 0 Å². The first kappa shape index (κ1) is 16.0. The standard InChI is InChI=1S/C18H23FN2O2/c19-15-8-6-14(7-9-15)12-16-13-17(23-20-16)18(22)21-10-4-2-1-3-5-11-21/h6-9,17H,1-5,10-13H2. The van der Waals surface area contributed by atoms with E-state index in [9.17, 15) is 9.18 Å². The highest BCUT2D eigenvalue weighted by atomic mass is 19.1. The molecule has 5 heteroatoms. The maximum atomic E-state index is 12.9. The second kappa shape index (κ2) is 7.57. The topological polar surface area (TPSA) is 41.9 Å². The van der Waals surface area contributed by atoms with Gasteiger partial charge in [-0.15, -0.1) is 0 Å². The quantitative estimate of drug-likeness (QED) is 0.858. The van der Waals surface area contributed by atoms with Crippen molar-refractivity contribution < 1.29 is 14.0 Å². The first-order chi connectivity index (χ1) is 11.2. The molecular weight excluding hydrogens is 295 g/mol. The molecule has 4 nitrogen and oxygen atoms in total. The Morgan fingerprint density at radius 3 is 2.48 bits per heavy atom. The number of likely N-dealkylation sites (tertiary alicyclic amines) is 1. The van der Waals surface area contributed by atoms with Crippen LogP contribution >= 0.6 is 0 Å². The van der Waals surface area contributed by atoms with Gasteiger partial charge in [-0.3, -0.25) is 4.79 Å². The predicted molar refractivity (Wildman–Crippen MR) is 86.7 cm³/mol. The zero-order chi connectivity index (χ0) is 16.1. The molecule has 0 aliphatic carbocycles. The molecule has 23 heavy (non-hydrogen) atoms. The molecule has 1 aromatic carbocycles. The molecule has 1 unspecified atom stereocenters. The Hall–Kier alpha value is -1.91. The van der Waals surface area contributed by atoms with E-state index in [1.165, 1.54) is 31.4 Å². The Morgan fingerprint density at radius 1 is 1.13 bits per heavy atom. The molecule has 0 aromatic heterocycles. The van der Waals surface area contributed by atoms with Crippen LogP contribution in [0.15, 0.2) is 29.4 Å². The number of benzene rings is 1. The molecular formula is C18H23FN2O2. The van der Waals surface area contributed by atoms with E-state index >= 15 is 0 Å². The van der Waals surface area contributed by atoms with Crippen molar-refractivity contribution in [2.75, 3.05) is 13.1 Å². The van der Waals surface area contributed by atoms with Crippen molar-refractivity contribution in [3.63, 3.8) is 0 Å². The second-order valence-electron chi connectivity index (χ2n) is 6.35. The van der Waals surface area contributed by atoms with Crippen molar-refractivity contribution in [3.8, 4) is 0 Å². The van der Waals surface area contributed by atoms with Crippen LogP contribution in [0.25, 0.3) is 0 Å². The van der Waals surface area contributed by atoms with E-state index in [4.69, 9.17) is 4.84 Å². The summed E-state index contributed by atoms with van der Waals surface area (Å²) >= 11 is 0. The summed E-state index contributed by atoms with van der Waals surface area (Å²) in [5, 5.41) is 4.07. The zero-order valence-electron chi connectivity index (χ0n) is 13.3. The maximum Gasteiger partial charge on any atom is 0.266 e. The maximum absolute atomic E-state index is 12.9. The Morgan fingerprint density at radius 2 is 1.78 bits per heavy atom. The first-order valence-corrected chi connectivity index (χ1v) is 8.47. The predicted octanol–water partition coefficient (Wildman–Crippen LogP) is 3.31. The molecule has 1 fully saturated rings. The Bertz CT molecular complexity index is 563. The molecule has 0 bridgehead atoms. The fraction of sp³-hybridized carbons (Fsp3) is 0.556. The van der Waals surface area contributed by atoms with Crippen LogP contribution in [-0.4, -0.2) is 35.7 Å². The molecule has 3 rings (SSSR count). The van der Waals surface area contributed by atoms with Gasteiger partial charge in [0.2, 0.25) is 6.10 Å². The number of carbonyl (C=O) groups is 1. The zero-order valence-corrected chi connectivity index (χ0v) is 13.3. The fourth-order valence-corrected chi connectivity index (χ4v) is 3.17. The van der Waals surface area contributed by atoms with Crippen LogP contribution in [-0.2, 0) is 16.1 Å². The third kappa shape index (κ3) is 4.30. The third-order valence-electron chi connectivity index (χ3n) is 4.49. The molecule has 2 aliphatic rings. The largest absolute Gasteiger partial charge is 0.382 e. The summed E-state index contributed by atoms with van der Waals surface area (Å²) in [6, 6.07) is 6.36. The molecule has 0 saturated carbocycles. The third-order valence-corrected chi connectivity index (χ3v) is 4.49. The van der Waals surface area contributed by atoms with E-state index in [0.717, 1.165) is 37.2 Å². The lowest BCUT2D eigenvalue weighted by Gasteiger charge is -2.26. The molecule has 0 spiro atoms. The van der Waals surface area contributed by atoms with Crippen molar-refractivity contribution in [3.05, 3.63) is 35.6 Å². The van der Waals surface area contributed by atoms with E-state index in [1.54, 1.807) is 12.1 Å². The number of hydrogen-bond acceptors (Lipinski definition) is 3. The lowest BCUT2D eigenvalue weighted by molar-refractivity contribution is -0.142. The second-order valence-corrected chi connectivity index (χ2v) is 6.35. The number of halogens is 1. The van der Waals surface area contributed by atoms with Gasteiger partial charge in [-0.1, -0.05) is 36.6 Å². The Balaban J connectivity index is 1.53. The fourth-order valence-electron chi connectivity index (χ4n) is 3.17. The molecule has 1 amide bonds. The van der Waals surface area contributed by atoms with Gasteiger partial charge in [-0.2, -0.15) is 0 Å². The molecule has 0 N–H and O–H groups in total. The van der Waals surface area contributed by atoms with Crippen LogP contribution in [0.1, 0.15) is 44.1 Å². The molecule has 2 heterocycles. The highest BCUT2D eigenvalue weighted by molar-refractivity contribution is 5.93. The average molecular weight is 318 g/mol. The minimum Gasteiger partial charge on any atom is -0.382 e. The number of hydrogen-bond donors (Lipinski definition) is 0. The van der Waals surface area contributed by atoms with Gasteiger partial charge in [0.25, 0.3) is 5.91 Å². The Kier molecular flexibility index (Phi) is 5.26.